The van der Waals surface area contributed by atoms with E-state index in [0.29, 0.717) is 16.9 Å². The molecule has 0 atom stereocenters. The van der Waals surface area contributed by atoms with Gasteiger partial charge in [0.2, 0.25) is 0 Å². The first-order valence-electron chi connectivity index (χ1n) is 7.27. The normalized spacial score (nSPS) is 14.2. The molecule has 1 aliphatic carbocycles. The van der Waals surface area contributed by atoms with Gasteiger partial charge in [-0.3, -0.25) is 4.68 Å². The molecule has 3 aromatic rings. The van der Waals surface area contributed by atoms with Crippen LogP contribution in [0.3, 0.4) is 0 Å². The zero-order valence-corrected chi connectivity index (χ0v) is 12.1. The Morgan fingerprint density at radius 3 is 3.00 bits per heavy atom. The zero-order chi connectivity index (χ0) is 15.3. The topological polar surface area (TPSA) is 96.7 Å². The SMILES string of the molecule is Cn1nc(-c2cnc3[nH]cc(C(=O)O)c3n2)c2c1CCCC2. The second-order valence-electron chi connectivity index (χ2n) is 5.56. The molecule has 4 rings (SSSR count). The molecule has 0 amide bonds. The largest absolute Gasteiger partial charge is 0.478 e. The lowest BCUT2D eigenvalue weighted by Gasteiger charge is -2.12. The van der Waals surface area contributed by atoms with Gasteiger partial charge in [0.25, 0.3) is 0 Å². The number of carbonyl (C=O) groups is 1. The van der Waals surface area contributed by atoms with Crippen molar-refractivity contribution in [2.45, 2.75) is 25.7 Å². The van der Waals surface area contributed by atoms with E-state index in [1.54, 1.807) is 6.20 Å². The smallest absolute Gasteiger partial charge is 0.339 e. The molecule has 3 aromatic heterocycles. The first-order valence-corrected chi connectivity index (χ1v) is 7.27. The van der Waals surface area contributed by atoms with Crippen LogP contribution in [0.1, 0.15) is 34.5 Å². The van der Waals surface area contributed by atoms with Crippen molar-refractivity contribution in [2.75, 3.05) is 0 Å². The number of nitrogens with zero attached hydrogens (tertiary/aromatic N) is 4. The van der Waals surface area contributed by atoms with Gasteiger partial charge in [0.05, 0.1) is 6.20 Å². The summed E-state index contributed by atoms with van der Waals surface area (Å²) in [4.78, 5) is 22.9. The number of aryl methyl sites for hydroxylation is 1. The molecule has 0 radical (unpaired) electrons. The van der Waals surface area contributed by atoms with Crippen LogP contribution in [0.4, 0.5) is 0 Å². The maximum Gasteiger partial charge on any atom is 0.339 e. The molecule has 0 aromatic carbocycles. The van der Waals surface area contributed by atoms with Crippen molar-refractivity contribution in [1.29, 1.82) is 0 Å². The van der Waals surface area contributed by atoms with E-state index in [-0.39, 0.29) is 5.56 Å². The molecule has 7 nitrogen and oxygen atoms in total. The highest BCUT2D eigenvalue weighted by Crippen LogP contribution is 2.30. The molecule has 2 N–H and O–H groups in total. The van der Waals surface area contributed by atoms with Crippen LogP contribution in [0.15, 0.2) is 12.4 Å². The van der Waals surface area contributed by atoms with E-state index in [4.69, 9.17) is 0 Å². The Labute approximate surface area is 126 Å². The fourth-order valence-electron chi connectivity index (χ4n) is 3.15. The quantitative estimate of drug-likeness (QED) is 0.753. The van der Waals surface area contributed by atoms with E-state index >= 15 is 0 Å². The van der Waals surface area contributed by atoms with Crippen LogP contribution in [0, 0.1) is 0 Å². The Hall–Kier alpha value is -2.70. The van der Waals surface area contributed by atoms with Gasteiger partial charge in [-0.05, 0) is 25.7 Å². The summed E-state index contributed by atoms with van der Waals surface area (Å²) < 4.78 is 1.91. The monoisotopic (exact) mass is 297 g/mol. The minimum absolute atomic E-state index is 0.133. The van der Waals surface area contributed by atoms with Gasteiger partial charge in [0.1, 0.15) is 22.5 Å². The Bertz CT molecular complexity index is 893. The number of aromatic amines is 1. The number of carboxylic acid groups (broad SMARTS) is 1. The van der Waals surface area contributed by atoms with E-state index in [1.165, 1.54) is 23.9 Å². The number of H-pyrrole nitrogens is 1. The predicted molar refractivity (Wildman–Crippen MR) is 79.7 cm³/mol. The van der Waals surface area contributed by atoms with Crippen LogP contribution in [-0.4, -0.2) is 35.8 Å². The molecule has 0 unspecified atom stereocenters. The molecular formula is C15H15N5O2. The first-order chi connectivity index (χ1) is 10.6. The average Bonchev–Trinajstić information content (AvgIpc) is 3.09. The maximum absolute atomic E-state index is 11.3. The second kappa shape index (κ2) is 4.66. The highest BCUT2D eigenvalue weighted by Gasteiger charge is 2.22. The van der Waals surface area contributed by atoms with Crippen LogP contribution in [0.25, 0.3) is 22.6 Å². The fraction of sp³-hybridized carbons (Fsp3) is 0.333. The average molecular weight is 297 g/mol. The summed E-state index contributed by atoms with van der Waals surface area (Å²) in [5.41, 5.74) is 4.91. The van der Waals surface area contributed by atoms with Crippen LogP contribution in [0.2, 0.25) is 0 Å². The minimum Gasteiger partial charge on any atom is -0.478 e. The summed E-state index contributed by atoms with van der Waals surface area (Å²) in [6.45, 7) is 0. The molecule has 0 saturated heterocycles. The Kier molecular flexibility index (Phi) is 2.75. The Morgan fingerprint density at radius 1 is 1.36 bits per heavy atom. The third-order valence-corrected chi connectivity index (χ3v) is 4.22. The van der Waals surface area contributed by atoms with E-state index < -0.39 is 5.97 Å². The number of hydrogen-bond acceptors (Lipinski definition) is 4. The summed E-state index contributed by atoms with van der Waals surface area (Å²) >= 11 is 0. The summed E-state index contributed by atoms with van der Waals surface area (Å²) in [6, 6.07) is 0. The first kappa shape index (κ1) is 13.0. The molecule has 0 spiro atoms. The van der Waals surface area contributed by atoms with Gasteiger partial charge in [0.15, 0.2) is 5.65 Å². The third kappa shape index (κ3) is 1.82. The van der Waals surface area contributed by atoms with Crippen molar-refractivity contribution in [3.8, 4) is 11.4 Å². The van der Waals surface area contributed by atoms with Gasteiger partial charge < -0.3 is 10.1 Å². The second-order valence-corrected chi connectivity index (χ2v) is 5.56. The third-order valence-electron chi connectivity index (χ3n) is 4.22. The zero-order valence-electron chi connectivity index (χ0n) is 12.1. The molecular weight excluding hydrogens is 282 g/mol. The molecule has 0 fully saturated rings. The molecule has 0 saturated carbocycles. The van der Waals surface area contributed by atoms with Crippen LogP contribution < -0.4 is 0 Å². The summed E-state index contributed by atoms with van der Waals surface area (Å²) in [6.07, 6.45) is 7.41. The van der Waals surface area contributed by atoms with Crippen molar-refractivity contribution < 1.29 is 9.90 Å². The van der Waals surface area contributed by atoms with Gasteiger partial charge in [-0.1, -0.05) is 0 Å². The highest BCUT2D eigenvalue weighted by atomic mass is 16.4. The molecule has 7 heteroatoms. The number of nitrogens with one attached hydrogen (secondary N) is 1. The molecule has 1 aliphatic rings. The van der Waals surface area contributed by atoms with Crippen molar-refractivity contribution in [3.05, 3.63) is 29.2 Å². The van der Waals surface area contributed by atoms with E-state index in [9.17, 15) is 9.90 Å². The van der Waals surface area contributed by atoms with E-state index in [1.807, 2.05) is 11.7 Å². The number of carboxylic acids is 1. The minimum atomic E-state index is -1.01. The number of aromatic carboxylic acids is 1. The number of fused-ring (bicyclic) bond motifs is 2. The lowest BCUT2D eigenvalue weighted by atomic mass is 9.95. The molecule has 0 bridgehead atoms. The maximum atomic E-state index is 11.3. The van der Waals surface area contributed by atoms with Crippen LogP contribution in [0.5, 0.6) is 0 Å². The number of aromatic nitrogens is 5. The summed E-state index contributed by atoms with van der Waals surface area (Å²) in [5.74, 6) is -1.01. The van der Waals surface area contributed by atoms with Crippen molar-refractivity contribution >= 4 is 17.1 Å². The van der Waals surface area contributed by atoms with E-state index in [0.717, 1.165) is 25.0 Å². The van der Waals surface area contributed by atoms with Crippen molar-refractivity contribution in [2.24, 2.45) is 7.05 Å². The van der Waals surface area contributed by atoms with Gasteiger partial charge in [0, 0.05) is 24.5 Å². The molecule has 0 aliphatic heterocycles. The lowest BCUT2D eigenvalue weighted by molar-refractivity contribution is 0.0699. The Morgan fingerprint density at radius 2 is 2.18 bits per heavy atom. The van der Waals surface area contributed by atoms with Crippen molar-refractivity contribution in [3.63, 3.8) is 0 Å². The molecule has 3 heterocycles. The standard InChI is InChI=1S/C15H15N5O2/c1-20-11-5-3-2-4-8(11)12(19-20)10-7-17-14-13(18-10)9(6-16-14)15(21)22/h6-7H,2-5H2,1H3,(H,16,17)(H,21,22). The van der Waals surface area contributed by atoms with Crippen LogP contribution >= 0.6 is 0 Å². The molecule has 112 valence electrons. The van der Waals surface area contributed by atoms with Gasteiger partial charge in [-0.15, -0.1) is 0 Å². The summed E-state index contributed by atoms with van der Waals surface area (Å²) in [5, 5.41) is 13.8. The number of rotatable bonds is 2. The van der Waals surface area contributed by atoms with Gasteiger partial charge >= 0.3 is 5.97 Å². The van der Waals surface area contributed by atoms with Gasteiger partial charge in [-0.2, -0.15) is 5.10 Å². The highest BCUT2D eigenvalue weighted by molar-refractivity contribution is 6.00. The fourth-order valence-corrected chi connectivity index (χ4v) is 3.15. The predicted octanol–water partition coefficient (Wildman–Crippen LogP) is 1.94. The number of hydrogen-bond donors (Lipinski definition) is 2. The molecule has 22 heavy (non-hydrogen) atoms. The summed E-state index contributed by atoms with van der Waals surface area (Å²) in [7, 11) is 1.94. The lowest BCUT2D eigenvalue weighted by Crippen LogP contribution is -2.05. The Balaban J connectivity index is 1.91. The van der Waals surface area contributed by atoms with Gasteiger partial charge in [-0.25, -0.2) is 14.8 Å². The van der Waals surface area contributed by atoms with E-state index in [2.05, 4.69) is 20.1 Å². The van der Waals surface area contributed by atoms with Crippen LogP contribution in [-0.2, 0) is 19.9 Å². The van der Waals surface area contributed by atoms with Crippen molar-refractivity contribution in [1.82, 2.24) is 24.7 Å².